The standard InChI is InChI=1S/C19H30N6O/c1-13(2)17-11-15(22-25(17)5)19(26)20-12-14-7-6-10-23(3)18(14)16-8-9-21-24(16)4/h8-9,11,13-14,18H,6-7,10,12H2,1-5H3,(H,20,26)/t14-,18+/m0/s1. The molecule has 2 aromatic heterocycles. The molecule has 142 valence electrons. The molecule has 1 N–H and O–H groups in total. The molecule has 1 aliphatic heterocycles. The quantitative estimate of drug-likeness (QED) is 0.889. The van der Waals surface area contributed by atoms with Gasteiger partial charge in [-0.25, -0.2) is 0 Å². The third-order valence-corrected chi connectivity index (χ3v) is 5.43. The molecular weight excluding hydrogens is 328 g/mol. The van der Waals surface area contributed by atoms with E-state index in [0.29, 0.717) is 24.1 Å². The van der Waals surface area contributed by atoms with E-state index < -0.39 is 0 Å². The van der Waals surface area contributed by atoms with Gasteiger partial charge in [0.15, 0.2) is 0 Å². The van der Waals surface area contributed by atoms with E-state index in [-0.39, 0.29) is 11.9 Å². The lowest BCUT2D eigenvalue weighted by Gasteiger charge is -2.39. The molecular formula is C19H30N6O. The Hall–Kier alpha value is -2.15. The Morgan fingerprint density at radius 3 is 2.69 bits per heavy atom. The van der Waals surface area contributed by atoms with Crippen LogP contribution in [-0.4, -0.2) is 50.5 Å². The normalized spacial score (nSPS) is 21.3. The highest BCUT2D eigenvalue weighted by Crippen LogP contribution is 2.34. The molecule has 1 aliphatic rings. The number of nitrogens with one attached hydrogen (secondary N) is 1. The highest BCUT2D eigenvalue weighted by molar-refractivity contribution is 5.92. The van der Waals surface area contributed by atoms with Crippen molar-refractivity contribution in [1.82, 2.24) is 29.8 Å². The highest BCUT2D eigenvalue weighted by Gasteiger charge is 2.32. The van der Waals surface area contributed by atoms with E-state index in [4.69, 9.17) is 0 Å². The lowest BCUT2D eigenvalue weighted by molar-refractivity contribution is 0.0875. The fraction of sp³-hybridized carbons (Fsp3) is 0.632. The predicted molar refractivity (Wildman–Crippen MR) is 101 cm³/mol. The average molecular weight is 358 g/mol. The van der Waals surface area contributed by atoms with Gasteiger partial charge in [-0.2, -0.15) is 10.2 Å². The van der Waals surface area contributed by atoms with Gasteiger partial charge in [-0.1, -0.05) is 13.8 Å². The summed E-state index contributed by atoms with van der Waals surface area (Å²) in [5.41, 5.74) is 2.77. The summed E-state index contributed by atoms with van der Waals surface area (Å²) in [5.74, 6) is 0.612. The lowest BCUT2D eigenvalue weighted by atomic mass is 9.87. The van der Waals surface area contributed by atoms with Gasteiger partial charge in [-0.05, 0) is 50.4 Å². The van der Waals surface area contributed by atoms with Crippen molar-refractivity contribution < 1.29 is 4.79 Å². The topological polar surface area (TPSA) is 68.0 Å². The maximum absolute atomic E-state index is 12.6. The van der Waals surface area contributed by atoms with Crippen LogP contribution in [0.1, 0.15) is 60.5 Å². The molecule has 7 nitrogen and oxygen atoms in total. The Morgan fingerprint density at radius 1 is 1.31 bits per heavy atom. The van der Waals surface area contributed by atoms with E-state index in [9.17, 15) is 4.79 Å². The first-order valence-corrected chi connectivity index (χ1v) is 9.38. The Kier molecular flexibility index (Phi) is 5.46. The van der Waals surface area contributed by atoms with Crippen LogP contribution >= 0.6 is 0 Å². The summed E-state index contributed by atoms with van der Waals surface area (Å²) in [6.07, 6.45) is 4.08. The van der Waals surface area contributed by atoms with Gasteiger partial charge in [0.25, 0.3) is 5.91 Å². The highest BCUT2D eigenvalue weighted by atomic mass is 16.1. The summed E-state index contributed by atoms with van der Waals surface area (Å²) in [6, 6.07) is 4.24. The second-order valence-corrected chi connectivity index (χ2v) is 7.65. The van der Waals surface area contributed by atoms with Gasteiger partial charge in [0.2, 0.25) is 0 Å². The van der Waals surface area contributed by atoms with E-state index in [0.717, 1.165) is 25.1 Å². The lowest BCUT2D eigenvalue weighted by Crippen LogP contribution is -2.42. The number of likely N-dealkylation sites (tertiary alicyclic amines) is 1. The molecule has 1 saturated heterocycles. The van der Waals surface area contributed by atoms with Gasteiger partial charge in [0, 0.05) is 32.5 Å². The third kappa shape index (κ3) is 3.67. The van der Waals surface area contributed by atoms with Crippen LogP contribution in [0.15, 0.2) is 18.3 Å². The van der Waals surface area contributed by atoms with E-state index >= 15 is 0 Å². The molecule has 7 heteroatoms. The van der Waals surface area contributed by atoms with Gasteiger partial charge >= 0.3 is 0 Å². The monoisotopic (exact) mass is 358 g/mol. The number of nitrogens with zero attached hydrogens (tertiary/aromatic N) is 5. The minimum atomic E-state index is -0.0931. The van der Waals surface area contributed by atoms with Crippen molar-refractivity contribution in [3.63, 3.8) is 0 Å². The molecule has 3 heterocycles. The maximum atomic E-state index is 12.6. The van der Waals surface area contributed by atoms with Crippen LogP contribution in [0.25, 0.3) is 0 Å². The van der Waals surface area contributed by atoms with Crippen LogP contribution in [0.4, 0.5) is 0 Å². The zero-order valence-electron chi connectivity index (χ0n) is 16.4. The van der Waals surface area contributed by atoms with E-state index in [1.807, 2.05) is 31.0 Å². The van der Waals surface area contributed by atoms with Crippen molar-refractivity contribution in [3.05, 3.63) is 35.4 Å². The number of carbonyl (C=O) groups is 1. The second-order valence-electron chi connectivity index (χ2n) is 7.65. The molecule has 0 radical (unpaired) electrons. The van der Waals surface area contributed by atoms with Gasteiger partial charge in [0.05, 0.1) is 11.7 Å². The van der Waals surface area contributed by atoms with Crippen LogP contribution in [0.3, 0.4) is 0 Å². The third-order valence-electron chi connectivity index (χ3n) is 5.43. The largest absolute Gasteiger partial charge is 0.350 e. The van der Waals surface area contributed by atoms with Gasteiger partial charge < -0.3 is 5.32 Å². The molecule has 0 saturated carbocycles. The van der Waals surface area contributed by atoms with E-state index in [2.05, 4.69) is 47.4 Å². The molecule has 1 fully saturated rings. The summed E-state index contributed by atoms with van der Waals surface area (Å²) in [4.78, 5) is 15.0. The Morgan fingerprint density at radius 2 is 2.08 bits per heavy atom. The molecule has 0 spiro atoms. The molecule has 1 amide bonds. The molecule has 0 aliphatic carbocycles. The Balaban J connectivity index is 1.70. The summed E-state index contributed by atoms with van der Waals surface area (Å²) in [6.45, 7) is 5.93. The smallest absolute Gasteiger partial charge is 0.271 e. The van der Waals surface area contributed by atoms with Crippen LogP contribution in [0, 0.1) is 5.92 Å². The zero-order chi connectivity index (χ0) is 18.8. The van der Waals surface area contributed by atoms with Gasteiger partial charge in [-0.15, -0.1) is 0 Å². The number of aromatic nitrogens is 4. The second kappa shape index (κ2) is 7.61. The molecule has 2 atom stereocenters. The van der Waals surface area contributed by atoms with Gasteiger partial charge in [0.1, 0.15) is 5.69 Å². The van der Waals surface area contributed by atoms with Crippen molar-refractivity contribution >= 4 is 5.91 Å². The van der Waals surface area contributed by atoms with E-state index in [1.54, 1.807) is 4.68 Å². The number of amides is 1. The average Bonchev–Trinajstić information content (AvgIpc) is 3.18. The van der Waals surface area contributed by atoms with E-state index in [1.165, 1.54) is 5.69 Å². The van der Waals surface area contributed by atoms with Crippen molar-refractivity contribution in [2.45, 2.75) is 38.6 Å². The number of rotatable bonds is 5. The van der Waals surface area contributed by atoms with Crippen molar-refractivity contribution in [2.24, 2.45) is 20.0 Å². The summed E-state index contributed by atoms with van der Waals surface area (Å²) < 4.78 is 3.74. The number of hydrogen-bond donors (Lipinski definition) is 1. The zero-order valence-corrected chi connectivity index (χ0v) is 16.4. The molecule has 26 heavy (non-hydrogen) atoms. The minimum absolute atomic E-state index is 0.0931. The molecule has 0 unspecified atom stereocenters. The van der Waals surface area contributed by atoms with Crippen molar-refractivity contribution in [1.29, 1.82) is 0 Å². The number of carbonyl (C=O) groups excluding carboxylic acids is 1. The Bertz CT molecular complexity index is 762. The first kappa shape index (κ1) is 18.6. The summed E-state index contributed by atoms with van der Waals surface area (Å²) >= 11 is 0. The SMILES string of the molecule is CC(C)c1cc(C(=O)NC[C@@H]2CCCN(C)[C@H]2c2ccnn2C)nn1C. The molecule has 0 aromatic carbocycles. The number of piperidine rings is 1. The Labute approximate surface area is 155 Å². The minimum Gasteiger partial charge on any atom is -0.350 e. The predicted octanol–water partition coefficient (Wildman–Crippen LogP) is 2.09. The van der Waals surface area contributed by atoms with Crippen LogP contribution in [0.2, 0.25) is 0 Å². The molecule has 2 aromatic rings. The van der Waals surface area contributed by atoms with Gasteiger partial charge in [-0.3, -0.25) is 19.1 Å². The first-order valence-electron chi connectivity index (χ1n) is 9.38. The number of hydrogen-bond acceptors (Lipinski definition) is 4. The fourth-order valence-electron chi connectivity index (χ4n) is 4.06. The summed E-state index contributed by atoms with van der Waals surface area (Å²) in [5, 5.41) is 11.8. The molecule has 0 bridgehead atoms. The van der Waals surface area contributed by atoms with Crippen molar-refractivity contribution in [2.75, 3.05) is 20.1 Å². The molecule has 3 rings (SSSR count). The summed E-state index contributed by atoms with van der Waals surface area (Å²) in [7, 11) is 6.02. The first-order chi connectivity index (χ1) is 12.4. The van der Waals surface area contributed by atoms with Crippen molar-refractivity contribution in [3.8, 4) is 0 Å². The maximum Gasteiger partial charge on any atom is 0.271 e. The van der Waals surface area contributed by atoms with Crippen LogP contribution < -0.4 is 5.32 Å². The van der Waals surface area contributed by atoms with Crippen LogP contribution in [0.5, 0.6) is 0 Å². The fourth-order valence-corrected chi connectivity index (χ4v) is 4.06. The van der Waals surface area contributed by atoms with Crippen LogP contribution in [-0.2, 0) is 14.1 Å². The number of aryl methyl sites for hydroxylation is 2.